The van der Waals surface area contributed by atoms with Crippen molar-refractivity contribution in [2.45, 2.75) is 51.6 Å². The predicted octanol–water partition coefficient (Wildman–Crippen LogP) is 1.49. The Hall–Kier alpha value is -1.39. The quantitative estimate of drug-likeness (QED) is 0.269. The second kappa shape index (κ2) is 12.1. The van der Waals surface area contributed by atoms with Crippen molar-refractivity contribution >= 4 is 35.8 Å². The van der Waals surface area contributed by atoms with Gasteiger partial charge in [0.1, 0.15) is 6.54 Å². The van der Waals surface area contributed by atoms with Crippen molar-refractivity contribution in [1.82, 2.24) is 30.5 Å². The van der Waals surface area contributed by atoms with Crippen LogP contribution >= 0.6 is 24.0 Å². The number of guanidine groups is 1. The van der Waals surface area contributed by atoms with Gasteiger partial charge in [-0.1, -0.05) is 25.0 Å². The maximum absolute atomic E-state index is 11.8. The minimum Gasteiger partial charge on any atom is -0.356 e. The fraction of sp³-hybridized carbons (Fsp3) is 0.765. The number of hydrogen-bond acceptors (Lipinski definition) is 4. The van der Waals surface area contributed by atoms with Gasteiger partial charge in [0.15, 0.2) is 5.96 Å². The van der Waals surface area contributed by atoms with Gasteiger partial charge in [-0.25, -0.2) is 4.99 Å². The summed E-state index contributed by atoms with van der Waals surface area (Å²) in [6.07, 6.45) is 9.39. The summed E-state index contributed by atoms with van der Waals surface area (Å²) in [6.45, 7) is 4.01. The maximum Gasteiger partial charge on any atom is 0.243 e. The van der Waals surface area contributed by atoms with Crippen LogP contribution in [0, 0.1) is 5.92 Å². The van der Waals surface area contributed by atoms with E-state index in [0.717, 1.165) is 31.9 Å². The molecule has 1 aromatic rings. The highest BCUT2D eigenvalue weighted by Gasteiger charge is 2.22. The third-order valence-electron chi connectivity index (χ3n) is 4.63. The molecule has 1 aliphatic carbocycles. The average molecular weight is 477 g/mol. The molecule has 1 amide bonds. The van der Waals surface area contributed by atoms with E-state index >= 15 is 0 Å². The number of aliphatic imine (C=N–C) groups is 1. The van der Waals surface area contributed by atoms with E-state index < -0.39 is 0 Å². The largest absolute Gasteiger partial charge is 0.356 e. The molecule has 1 heterocycles. The summed E-state index contributed by atoms with van der Waals surface area (Å²) in [5.41, 5.74) is 0. The fourth-order valence-electron chi connectivity index (χ4n) is 2.95. The molecular weight excluding hydrogens is 445 g/mol. The molecule has 0 aromatic carbocycles. The minimum atomic E-state index is 0. The predicted molar refractivity (Wildman–Crippen MR) is 114 cm³/mol. The van der Waals surface area contributed by atoms with Crippen molar-refractivity contribution in [1.29, 1.82) is 0 Å². The maximum atomic E-state index is 11.8. The molecule has 2 N–H and O–H groups in total. The molecule has 0 saturated heterocycles. The number of halogens is 1. The molecule has 1 aliphatic rings. The first-order valence-corrected chi connectivity index (χ1v) is 9.15. The Morgan fingerprint density at radius 1 is 1.35 bits per heavy atom. The van der Waals surface area contributed by atoms with Gasteiger partial charge in [-0.2, -0.15) is 0 Å². The third kappa shape index (κ3) is 7.88. The first-order valence-electron chi connectivity index (χ1n) is 9.15. The van der Waals surface area contributed by atoms with Crippen molar-refractivity contribution in [3.8, 4) is 0 Å². The molecule has 0 spiro atoms. The summed E-state index contributed by atoms with van der Waals surface area (Å²) in [5.74, 6) is 1.35. The number of amides is 1. The number of carbonyl (C=O) groups is 1. The van der Waals surface area contributed by atoms with E-state index in [1.54, 1.807) is 25.2 Å². The molecule has 2 unspecified atom stereocenters. The number of rotatable bonds is 7. The summed E-state index contributed by atoms with van der Waals surface area (Å²) < 4.78 is 1.81. The lowest BCUT2D eigenvalue weighted by atomic mass is 9.86. The minimum absolute atomic E-state index is 0. The summed E-state index contributed by atoms with van der Waals surface area (Å²) in [4.78, 5) is 17.9. The fourth-order valence-corrected chi connectivity index (χ4v) is 2.95. The van der Waals surface area contributed by atoms with E-state index in [4.69, 9.17) is 0 Å². The molecule has 1 fully saturated rings. The highest BCUT2D eigenvalue weighted by atomic mass is 127. The molecular formula is C17H32IN7O. The van der Waals surface area contributed by atoms with Gasteiger partial charge in [-0.3, -0.25) is 9.48 Å². The van der Waals surface area contributed by atoms with E-state index in [0.29, 0.717) is 12.0 Å². The lowest BCUT2D eigenvalue weighted by molar-refractivity contribution is -0.127. The topological polar surface area (TPSA) is 87.4 Å². The molecule has 26 heavy (non-hydrogen) atoms. The standard InChI is InChI=1S/C17H31N7O.HI/c1-14-7-4-5-8-15(14)21-17(19-13-16(25)23(2)3)18-9-6-11-24-12-10-20-22-24;/h10,12,14-15H,4-9,11,13H2,1-3H3,(H2,18,19,21);1H. The molecule has 0 radical (unpaired) electrons. The third-order valence-corrected chi connectivity index (χ3v) is 4.63. The van der Waals surface area contributed by atoms with E-state index in [1.165, 1.54) is 19.3 Å². The van der Waals surface area contributed by atoms with Gasteiger partial charge < -0.3 is 15.5 Å². The Morgan fingerprint density at radius 3 is 2.77 bits per heavy atom. The summed E-state index contributed by atoms with van der Waals surface area (Å²) in [5, 5.41) is 14.6. The van der Waals surface area contributed by atoms with Crippen LogP contribution < -0.4 is 10.6 Å². The SMILES string of the molecule is CC1CCCCC1NC(=NCC(=O)N(C)C)NCCCn1ccnn1.I. The van der Waals surface area contributed by atoms with Gasteiger partial charge in [0.2, 0.25) is 5.91 Å². The van der Waals surface area contributed by atoms with Gasteiger partial charge in [-0.15, -0.1) is 29.1 Å². The van der Waals surface area contributed by atoms with E-state index in [2.05, 4.69) is 32.9 Å². The van der Waals surface area contributed by atoms with Gasteiger partial charge in [0.05, 0.1) is 6.20 Å². The van der Waals surface area contributed by atoms with Gasteiger partial charge in [0.25, 0.3) is 0 Å². The van der Waals surface area contributed by atoms with E-state index in [1.807, 2.05) is 10.9 Å². The molecule has 2 rings (SSSR count). The zero-order valence-corrected chi connectivity index (χ0v) is 18.3. The monoisotopic (exact) mass is 477 g/mol. The highest BCUT2D eigenvalue weighted by Crippen LogP contribution is 2.23. The smallest absolute Gasteiger partial charge is 0.243 e. The lowest BCUT2D eigenvalue weighted by Gasteiger charge is -2.31. The van der Waals surface area contributed by atoms with Gasteiger partial charge in [-0.05, 0) is 25.2 Å². The molecule has 0 bridgehead atoms. The van der Waals surface area contributed by atoms with Crippen LogP contribution in [0.1, 0.15) is 39.0 Å². The number of hydrogen-bond donors (Lipinski definition) is 2. The van der Waals surface area contributed by atoms with Crippen molar-refractivity contribution < 1.29 is 4.79 Å². The number of aromatic nitrogens is 3. The number of likely N-dealkylation sites (N-methyl/N-ethyl adjacent to an activating group) is 1. The number of nitrogens with zero attached hydrogens (tertiary/aromatic N) is 5. The molecule has 1 aromatic heterocycles. The second-order valence-electron chi connectivity index (χ2n) is 6.91. The summed E-state index contributed by atoms with van der Waals surface area (Å²) >= 11 is 0. The van der Waals surface area contributed by atoms with Crippen LogP contribution in [0.2, 0.25) is 0 Å². The molecule has 0 aliphatic heterocycles. The van der Waals surface area contributed by atoms with Crippen LogP contribution in [0.25, 0.3) is 0 Å². The highest BCUT2D eigenvalue weighted by molar-refractivity contribution is 14.0. The molecule has 8 nitrogen and oxygen atoms in total. The summed E-state index contributed by atoms with van der Waals surface area (Å²) in [7, 11) is 3.50. The zero-order chi connectivity index (χ0) is 18.1. The van der Waals surface area contributed by atoms with Crippen molar-refractivity contribution in [3.05, 3.63) is 12.4 Å². The Morgan fingerprint density at radius 2 is 2.12 bits per heavy atom. The molecule has 1 saturated carbocycles. The van der Waals surface area contributed by atoms with Crippen LogP contribution in [-0.2, 0) is 11.3 Å². The first-order chi connectivity index (χ1) is 12.1. The Labute approximate surface area is 173 Å². The van der Waals surface area contributed by atoms with Crippen LogP contribution in [-0.4, -0.2) is 65.0 Å². The van der Waals surface area contributed by atoms with Crippen LogP contribution in [0.3, 0.4) is 0 Å². The van der Waals surface area contributed by atoms with Gasteiger partial charge >= 0.3 is 0 Å². The average Bonchev–Trinajstić information content (AvgIpc) is 3.11. The van der Waals surface area contributed by atoms with E-state index in [9.17, 15) is 4.79 Å². The second-order valence-corrected chi connectivity index (χ2v) is 6.91. The Kier molecular flexibility index (Phi) is 10.5. The van der Waals surface area contributed by atoms with E-state index in [-0.39, 0.29) is 36.4 Å². The number of nitrogens with one attached hydrogen (secondary N) is 2. The molecule has 2 atom stereocenters. The zero-order valence-electron chi connectivity index (χ0n) is 16.0. The number of carbonyl (C=O) groups excluding carboxylic acids is 1. The lowest BCUT2D eigenvalue weighted by Crippen LogP contribution is -2.47. The van der Waals surface area contributed by atoms with Gasteiger partial charge in [0, 0.05) is 39.4 Å². The van der Waals surface area contributed by atoms with Crippen LogP contribution in [0.15, 0.2) is 17.4 Å². The summed E-state index contributed by atoms with van der Waals surface area (Å²) in [6, 6.07) is 0.421. The van der Waals surface area contributed by atoms with Crippen molar-refractivity contribution in [3.63, 3.8) is 0 Å². The molecule has 9 heteroatoms. The van der Waals surface area contributed by atoms with Crippen LogP contribution in [0.5, 0.6) is 0 Å². The number of aryl methyl sites for hydroxylation is 1. The Balaban J connectivity index is 0.00000338. The van der Waals surface area contributed by atoms with Crippen molar-refractivity contribution in [2.24, 2.45) is 10.9 Å². The normalized spacial score (nSPS) is 20.2. The first kappa shape index (κ1) is 22.7. The van der Waals surface area contributed by atoms with Crippen LogP contribution in [0.4, 0.5) is 0 Å². The molecule has 148 valence electrons. The Bertz CT molecular complexity index is 547. The van der Waals surface area contributed by atoms with Crippen molar-refractivity contribution in [2.75, 3.05) is 27.2 Å².